The Morgan fingerprint density at radius 3 is 2.58 bits per heavy atom. The van der Waals surface area contributed by atoms with Gasteiger partial charge in [-0.25, -0.2) is 4.39 Å². The van der Waals surface area contributed by atoms with E-state index in [-0.39, 0.29) is 17.6 Å². The molecule has 6 heteroatoms. The highest BCUT2D eigenvalue weighted by Gasteiger charge is 2.26. The number of ether oxygens (including phenoxy) is 2. The second-order valence-corrected chi connectivity index (χ2v) is 6.55. The molecular weight excluding hydrogens is 357 g/mol. The minimum absolute atomic E-state index is 0.00938. The van der Waals surface area contributed by atoms with Gasteiger partial charge in [-0.2, -0.15) is 0 Å². The van der Waals surface area contributed by atoms with E-state index >= 15 is 0 Å². The zero-order valence-electron chi connectivity index (χ0n) is 14.6. The molecule has 1 amide bonds. The third kappa shape index (κ3) is 4.28. The second kappa shape index (κ2) is 8.41. The predicted molar refractivity (Wildman–Crippen MR) is 98.6 cm³/mol. The van der Waals surface area contributed by atoms with Crippen LogP contribution < -0.4 is 9.47 Å². The molecule has 0 aromatic heterocycles. The van der Waals surface area contributed by atoms with E-state index in [4.69, 9.17) is 21.1 Å². The number of nitrogens with zero attached hydrogens (tertiary/aromatic N) is 1. The molecule has 0 saturated carbocycles. The Morgan fingerprint density at radius 1 is 1.19 bits per heavy atom. The maximum absolute atomic E-state index is 13.9. The van der Waals surface area contributed by atoms with Crippen LogP contribution in [0.25, 0.3) is 0 Å². The summed E-state index contributed by atoms with van der Waals surface area (Å²) in [6.45, 7) is 3.51. The van der Waals surface area contributed by atoms with Crippen molar-refractivity contribution in [1.29, 1.82) is 0 Å². The van der Waals surface area contributed by atoms with Crippen molar-refractivity contribution < 1.29 is 18.7 Å². The molecule has 0 bridgehead atoms. The first kappa shape index (κ1) is 18.5. The monoisotopic (exact) mass is 377 g/mol. The van der Waals surface area contributed by atoms with E-state index in [1.165, 1.54) is 18.2 Å². The normalized spacial score (nSPS) is 15.0. The van der Waals surface area contributed by atoms with Gasteiger partial charge in [0.2, 0.25) is 0 Å². The topological polar surface area (TPSA) is 38.8 Å². The number of carbonyl (C=O) groups excluding carboxylic acids is 1. The number of carbonyl (C=O) groups is 1. The third-order valence-corrected chi connectivity index (χ3v) is 4.57. The number of halogens is 2. The first-order valence-electron chi connectivity index (χ1n) is 8.71. The quantitative estimate of drug-likeness (QED) is 0.766. The van der Waals surface area contributed by atoms with Crippen molar-refractivity contribution >= 4 is 17.5 Å². The summed E-state index contributed by atoms with van der Waals surface area (Å²) in [5.41, 5.74) is 0.0126. The van der Waals surface area contributed by atoms with Gasteiger partial charge in [-0.15, -0.1) is 0 Å². The van der Waals surface area contributed by atoms with E-state index in [1.807, 2.05) is 31.2 Å². The van der Waals surface area contributed by atoms with Crippen molar-refractivity contribution in [3.63, 3.8) is 0 Å². The molecule has 0 N–H and O–H groups in total. The summed E-state index contributed by atoms with van der Waals surface area (Å²) >= 11 is 5.88. The Morgan fingerprint density at radius 2 is 1.88 bits per heavy atom. The maximum Gasteiger partial charge on any atom is 0.256 e. The molecule has 0 aliphatic carbocycles. The van der Waals surface area contributed by atoms with E-state index in [1.54, 1.807) is 4.90 Å². The van der Waals surface area contributed by atoms with Crippen LogP contribution in [0, 0.1) is 5.82 Å². The van der Waals surface area contributed by atoms with E-state index in [0.29, 0.717) is 43.3 Å². The molecule has 0 spiro atoms. The lowest BCUT2D eigenvalue weighted by Gasteiger charge is -2.32. The van der Waals surface area contributed by atoms with Gasteiger partial charge >= 0.3 is 0 Å². The van der Waals surface area contributed by atoms with Crippen molar-refractivity contribution in [3.8, 4) is 11.5 Å². The Balaban J connectivity index is 1.61. The fourth-order valence-corrected chi connectivity index (χ4v) is 3.18. The minimum Gasteiger partial charge on any atom is -0.490 e. The van der Waals surface area contributed by atoms with Gasteiger partial charge in [-0.1, -0.05) is 23.7 Å². The van der Waals surface area contributed by atoms with Gasteiger partial charge in [0.15, 0.2) is 11.5 Å². The average Bonchev–Trinajstić information content (AvgIpc) is 2.65. The van der Waals surface area contributed by atoms with Crippen LogP contribution in [0.15, 0.2) is 42.5 Å². The lowest BCUT2D eigenvalue weighted by atomic mass is 10.1. The predicted octanol–water partition coefficient (Wildman–Crippen LogP) is 4.56. The molecule has 1 heterocycles. The molecule has 26 heavy (non-hydrogen) atoms. The fraction of sp³-hybridized carbons (Fsp3) is 0.350. The fourth-order valence-electron chi connectivity index (χ4n) is 3.01. The van der Waals surface area contributed by atoms with Gasteiger partial charge < -0.3 is 14.4 Å². The SMILES string of the molecule is CCOc1ccccc1OC1CCN(C(=O)c2cc(Cl)ccc2F)CC1. The molecule has 0 radical (unpaired) electrons. The molecule has 0 unspecified atom stereocenters. The van der Waals surface area contributed by atoms with Crippen LogP contribution in [0.3, 0.4) is 0 Å². The van der Waals surface area contributed by atoms with Crippen molar-refractivity contribution in [2.45, 2.75) is 25.9 Å². The first-order valence-corrected chi connectivity index (χ1v) is 9.09. The number of hydrogen-bond acceptors (Lipinski definition) is 3. The van der Waals surface area contributed by atoms with Crippen LogP contribution in [0.5, 0.6) is 11.5 Å². The number of piperidine rings is 1. The summed E-state index contributed by atoms with van der Waals surface area (Å²) in [6.07, 6.45) is 1.34. The minimum atomic E-state index is -0.552. The Kier molecular flexibility index (Phi) is 5.99. The molecule has 0 atom stereocenters. The van der Waals surface area contributed by atoms with Crippen LogP contribution in [0.4, 0.5) is 4.39 Å². The van der Waals surface area contributed by atoms with Gasteiger partial charge in [0, 0.05) is 31.0 Å². The number of amides is 1. The average molecular weight is 378 g/mol. The van der Waals surface area contributed by atoms with Crippen molar-refractivity contribution in [3.05, 3.63) is 58.9 Å². The smallest absolute Gasteiger partial charge is 0.256 e. The van der Waals surface area contributed by atoms with E-state index in [2.05, 4.69) is 0 Å². The summed E-state index contributed by atoms with van der Waals surface area (Å²) in [6, 6.07) is 11.6. The molecule has 138 valence electrons. The standard InChI is InChI=1S/C20H21ClFNO3/c1-2-25-18-5-3-4-6-19(18)26-15-9-11-23(12-10-15)20(24)16-13-14(21)7-8-17(16)22/h3-8,13,15H,2,9-12H2,1H3. The van der Waals surface area contributed by atoms with Gasteiger partial charge in [0.05, 0.1) is 12.2 Å². The molecule has 2 aromatic carbocycles. The number of hydrogen-bond donors (Lipinski definition) is 0. The van der Waals surface area contributed by atoms with Crippen molar-refractivity contribution in [1.82, 2.24) is 4.90 Å². The number of likely N-dealkylation sites (tertiary alicyclic amines) is 1. The van der Waals surface area contributed by atoms with Crippen molar-refractivity contribution in [2.24, 2.45) is 0 Å². The largest absolute Gasteiger partial charge is 0.490 e. The lowest BCUT2D eigenvalue weighted by Crippen LogP contribution is -2.42. The zero-order valence-corrected chi connectivity index (χ0v) is 15.3. The molecule has 1 aliphatic heterocycles. The summed E-state index contributed by atoms with van der Waals surface area (Å²) in [5.74, 6) is 0.538. The maximum atomic E-state index is 13.9. The van der Waals surface area contributed by atoms with E-state index in [0.717, 1.165) is 5.75 Å². The van der Waals surface area contributed by atoms with Crippen LogP contribution in [0.2, 0.25) is 5.02 Å². The molecule has 3 rings (SSSR count). The van der Waals surface area contributed by atoms with Gasteiger partial charge in [0.25, 0.3) is 5.91 Å². The number of para-hydroxylation sites is 2. The van der Waals surface area contributed by atoms with Crippen LogP contribution in [-0.4, -0.2) is 36.6 Å². The highest BCUT2D eigenvalue weighted by molar-refractivity contribution is 6.31. The zero-order chi connectivity index (χ0) is 18.5. The summed E-state index contributed by atoms with van der Waals surface area (Å²) in [5, 5.41) is 0.348. The van der Waals surface area contributed by atoms with Crippen LogP contribution in [-0.2, 0) is 0 Å². The molecular formula is C20H21ClFNO3. The molecule has 1 aliphatic rings. The van der Waals surface area contributed by atoms with E-state index < -0.39 is 5.82 Å². The summed E-state index contributed by atoms with van der Waals surface area (Å²) in [7, 11) is 0. The summed E-state index contributed by atoms with van der Waals surface area (Å²) < 4.78 is 25.5. The molecule has 4 nitrogen and oxygen atoms in total. The lowest BCUT2D eigenvalue weighted by molar-refractivity contribution is 0.0585. The van der Waals surface area contributed by atoms with Crippen molar-refractivity contribution in [2.75, 3.05) is 19.7 Å². The van der Waals surface area contributed by atoms with Gasteiger partial charge in [-0.3, -0.25) is 4.79 Å². The van der Waals surface area contributed by atoms with Crippen LogP contribution in [0.1, 0.15) is 30.1 Å². The Bertz CT molecular complexity index is 775. The Hall–Kier alpha value is -2.27. The van der Waals surface area contributed by atoms with Gasteiger partial charge in [-0.05, 0) is 37.3 Å². The Labute approximate surface area is 157 Å². The molecule has 1 fully saturated rings. The van der Waals surface area contributed by atoms with E-state index in [9.17, 15) is 9.18 Å². The van der Waals surface area contributed by atoms with Crippen LogP contribution >= 0.6 is 11.6 Å². The first-order chi connectivity index (χ1) is 12.6. The van der Waals surface area contributed by atoms with Gasteiger partial charge in [0.1, 0.15) is 11.9 Å². The molecule has 1 saturated heterocycles. The highest BCUT2D eigenvalue weighted by atomic mass is 35.5. The number of rotatable bonds is 5. The third-order valence-electron chi connectivity index (χ3n) is 4.33. The summed E-state index contributed by atoms with van der Waals surface area (Å²) in [4.78, 5) is 14.2. The second-order valence-electron chi connectivity index (χ2n) is 6.11. The highest BCUT2D eigenvalue weighted by Crippen LogP contribution is 2.29. The molecule has 2 aromatic rings. The number of benzene rings is 2.